The summed E-state index contributed by atoms with van der Waals surface area (Å²) in [5, 5.41) is 0. The predicted molar refractivity (Wildman–Crippen MR) is 362 cm³/mol. The first kappa shape index (κ1) is 79.1. The van der Waals surface area contributed by atoms with Crippen molar-refractivity contribution >= 4 is 17.9 Å². The van der Waals surface area contributed by atoms with Crippen molar-refractivity contribution in [3.05, 3.63) is 109 Å². The van der Waals surface area contributed by atoms with Crippen molar-refractivity contribution in [3.8, 4) is 0 Å². The van der Waals surface area contributed by atoms with Crippen LogP contribution >= 0.6 is 0 Å². The second-order valence-electron chi connectivity index (χ2n) is 23.4. The second-order valence-corrected chi connectivity index (χ2v) is 23.4. The van der Waals surface area contributed by atoms with Gasteiger partial charge < -0.3 is 14.2 Å². The second kappa shape index (κ2) is 70.6. The van der Waals surface area contributed by atoms with Crippen LogP contribution in [0.5, 0.6) is 0 Å². The Morgan fingerprint density at radius 1 is 0.253 bits per heavy atom. The SMILES string of the molecule is CC/C=C\C/C=C\C/C=C\C/C=C\CCCCCCCCCCCCCCC(=O)OC(COC(=O)CCCCC/C=C\C/C=C\C/C=C\CC)COC(=O)CCCCCCCCCCCCCCCCC/C=C\C/C=C\CCCCCCC. The Morgan fingerprint density at radius 2 is 0.470 bits per heavy atom. The van der Waals surface area contributed by atoms with E-state index in [0.717, 1.165) is 116 Å². The Kier molecular flexibility index (Phi) is 67.2. The monoisotopic (exact) mass is 1150 g/mol. The van der Waals surface area contributed by atoms with Gasteiger partial charge in [-0.15, -0.1) is 0 Å². The van der Waals surface area contributed by atoms with E-state index in [1.54, 1.807) is 0 Å². The first-order chi connectivity index (χ1) is 41.0. The quantitative estimate of drug-likeness (QED) is 0.0261. The molecule has 0 aromatic heterocycles. The molecule has 0 aromatic rings. The zero-order chi connectivity index (χ0) is 59.9. The average molecular weight is 1150 g/mol. The van der Waals surface area contributed by atoms with Gasteiger partial charge in [-0.1, -0.05) is 310 Å². The van der Waals surface area contributed by atoms with E-state index in [1.165, 1.54) is 186 Å². The van der Waals surface area contributed by atoms with Crippen molar-refractivity contribution in [2.45, 2.75) is 348 Å². The molecule has 6 heteroatoms. The van der Waals surface area contributed by atoms with E-state index in [4.69, 9.17) is 14.2 Å². The van der Waals surface area contributed by atoms with Gasteiger partial charge in [-0.3, -0.25) is 14.4 Å². The molecule has 0 saturated heterocycles. The molecule has 0 aromatic carbocycles. The fourth-order valence-electron chi connectivity index (χ4n) is 10.0. The Bertz CT molecular complexity index is 1660. The zero-order valence-corrected chi connectivity index (χ0v) is 54.7. The normalized spacial score (nSPS) is 12.8. The molecule has 0 amide bonds. The summed E-state index contributed by atoms with van der Waals surface area (Å²) < 4.78 is 17.0. The number of allylic oxidation sites excluding steroid dienone is 18. The molecule has 6 nitrogen and oxygen atoms in total. The van der Waals surface area contributed by atoms with Gasteiger partial charge in [0.05, 0.1) is 0 Å². The molecular weight excluding hydrogens is 1020 g/mol. The third-order valence-corrected chi connectivity index (χ3v) is 15.2. The van der Waals surface area contributed by atoms with Crippen molar-refractivity contribution in [1.29, 1.82) is 0 Å². The standard InChI is InChI=1S/C77H132O6/c1-4-7-10-13-16-19-22-25-27-29-31-33-35-37-38-40-41-43-45-47-49-52-55-58-61-64-67-70-76(79)82-73-74(72-81-75(78)69-66-63-60-57-54-51-24-21-18-15-12-9-6-3)83-77(80)71-68-65-62-59-56-53-50-48-46-44-42-39-36-34-32-30-28-26-23-20-17-14-11-8-5-2/h8-9,11-12,17-18,20-22,25-26,28-29,31-32,34,51,54,74H,4-7,10,13-16,19,23-24,27,30,33,35-50,52-53,55-73H2,1-3H3/b11-8-,12-9-,20-17-,21-18-,25-22-,28-26-,31-29-,34-32-,54-51-. The van der Waals surface area contributed by atoms with Crippen molar-refractivity contribution in [3.63, 3.8) is 0 Å². The third-order valence-electron chi connectivity index (χ3n) is 15.2. The van der Waals surface area contributed by atoms with Gasteiger partial charge in [-0.05, 0) is 122 Å². The molecule has 0 radical (unpaired) electrons. The van der Waals surface area contributed by atoms with Crippen LogP contribution in [0.4, 0.5) is 0 Å². The summed E-state index contributed by atoms with van der Waals surface area (Å²) in [4.78, 5) is 38.4. The Balaban J connectivity index is 4.27. The molecule has 1 unspecified atom stereocenters. The van der Waals surface area contributed by atoms with Gasteiger partial charge in [-0.2, -0.15) is 0 Å². The Labute approximate surface area is 514 Å². The lowest BCUT2D eigenvalue weighted by Crippen LogP contribution is -2.30. The molecule has 0 aliphatic carbocycles. The maximum Gasteiger partial charge on any atom is 0.306 e. The minimum absolute atomic E-state index is 0.0868. The summed E-state index contributed by atoms with van der Waals surface area (Å²) in [5.41, 5.74) is 0. The fourth-order valence-corrected chi connectivity index (χ4v) is 10.0. The van der Waals surface area contributed by atoms with Gasteiger partial charge in [0.2, 0.25) is 0 Å². The molecule has 0 spiro atoms. The number of carbonyl (C=O) groups excluding carboxylic acids is 3. The van der Waals surface area contributed by atoms with Crippen LogP contribution in [0.15, 0.2) is 109 Å². The zero-order valence-electron chi connectivity index (χ0n) is 54.7. The summed E-state index contributed by atoms with van der Waals surface area (Å²) in [7, 11) is 0. The minimum atomic E-state index is -0.794. The highest BCUT2D eigenvalue weighted by Gasteiger charge is 2.19. The van der Waals surface area contributed by atoms with E-state index in [0.29, 0.717) is 19.3 Å². The van der Waals surface area contributed by atoms with E-state index in [-0.39, 0.29) is 31.1 Å². The predicted octanol–water partition coefficient (Wildman–Crippen LogP) is 24.6. The molecule has 0 aliphatic heterocycles. The topological polar surface area (TPSA) is 78.9 Å². The van der Waals surface area contributed by atoms with Gasteiger partial charge >= 0.3 is 17.9 Å². The number of unbranched alkanes of at least 4 members (excludes halogenated alkanes) is 35. The van der Waals surface area contributed by atoms with E-state index in [2.05, 4.69) is 130 Å². The van der Waals surface area contributed by atoms with Crippen LogP contribution in [-0.4, -0.2) is 37.2 Å². The van der Waals surface area contributed by atoms with Crippen LogP contribution < -0.4 is 0 Å². The Hall–Kier alpha value is -3.93. The number of carbonyl (C=O) groups is 3. The lowest BCUT2D eigenvalue weighted by atomic mass is 10.0. The number of hydrogen-bond donors (Lipinski definition) is 0. The minimum Gasteiger partial charge on any atom is -0.462 e. The molecule has 0 aliphatic rings. The fraction of sp³-hybridized carbons (Fsp3) is 0.727. The number of hydrogen-bond acceptors (Lipinski definition) is 6. The van der Waals surface area contributed by atoms with Crippen molar-refractivity contribution in [2.75, 3.05) is 13.2 Å². The van der Waals surface area contributed by atoms with Crippen LogP contribution in [-0.2, 0) is 28.6 Å². The van der Waals surface area contributed by atoms with Crippen LogP contribution in [0.3, 0.4) is 0 Å². The summed E-state index contributed by atoms with van der Waals surface area (Å²) in [6.45, 7) is 6.41. The maximum absolute atomic E-state index is 13.0. The summed E-state index contributed by atoms with van der Waals surface area (Å²) >= 11 is 0. The van der Waals surface area contributed by atoms with Gasteiger partial charge in [0, 0.05) is 19.3 Å². The third kappa shape index (κ3) is 68.7. The van der Waals surface area contributed by atoms with E-state index >= 15 is 0 Å². The highest BCUT2D eigenvalue weighted by atomic mass is 16.6. The molecule has 0 N–H and O–H groups in total. The molecule has 0 rings (SSSR count). The number of ether oxygens (including phenoxy) is 3. The van der Waals surface area contributed by atoms with Gasteiger partial charge in [-0.25, -0.2) is 0 Å². The maximum atomic E-state index is 13.0. The van der Waals surface area contributed by atoms with Gasteiger partial charge in [0.1, 0.15) is 13.2 Å². The molecule has 0 heterocycles. The first-order valence-corrected chi connectivity index (χ1v) is 35.4. The number of esters is 3. The highest BCUT2D eigenvalue weighted by Crippen LogP contribution is 2.17. The van der Waals surface area contributed by atoms with Crippen LogP contribution in [0.1, 0.15) is 342 Å². The van der Waals surface area contributed by atoms with E-state index in [9.17, 15) is 14.4 Å². The molecular formula is C77H132O6. The van der Waals surface area contributed by atoms with Crippen molar-refractivity contribution < 1.29 is 28.6 Å². The molecule has 83 heavy (non-hydrogen) atoms. The van der Waals surface area contributed by atoms with E-state index < -0.39 is 6.10 Å². The molecule has 1 atom stereocenters. The molecule has 0 saturated carbocycles. The summed E-state index contributed by atoms with van der Waals surface area (Å²) in [6.07, 6.45) is 96.9. The van der Waals surface area contributed by atoms with Crippen LogP contribution in [0.25, 0.3) is 0 Å². The van der Waals surface area contributed by atoms with Crippen molar-refractivity contribution in [1.82, 2.24) is 0 Å². The van der Waals surface area contributed by atoms with Gasteiger partial charge in [0.15, 0.2) is 6.10 Å². The van der Waals surface area contributed by atoms with Crippen molar-refractivity contribution in [2.24, 2.45) is 0 Å². The van der Waals surface area contributed by atoms with Crippen LogP contribution in [0.2, 0.25) is 0 Å². The first-order valence-electron chi connectivity index (χ1n) is 35.4. The van der Waals surface area contributed by atoms with Crippen LogP contribution in [0, 0.1) is 0 Å². The smallest absolute Gasteiger partial charge is 0.306 e. The Morgan fingerprint density at radius 3 is 0.747 bits per heavy atom. The highest BCUT2D eigenvalue weighted by molar-refractivity contribution is 5.71. The molecule has 0 bridgehead atoms. The van der Waals surface area contributed by atoms with E-state index in [1.807, 2.05) is 0 Å². The summed E-state index contributed by atoms with van der Waals surface area (Å²) in [6, 6.07) is 0. The summed E-state index contributed by atoms with van der Waals surface area (Å²) in [5.74, 6) is -0.907. The molecule has 476 valence electrons. The lowest BCUT2D eigenvalue weighted by molar-refractivity contribution is -0.167. The number of rotatable bonds is 64. The average Bonchev–Trinajstić information content (AvgIpc) is 3.49. The largest absolute Gasteiger partial charge is 0.462 e. The lowest BCUT2D eigenvalue weighted by Gasteiger charge is -2.18. The van der Waals surface area contributed by atoms with Gasteiger partial charge in [0.25, 0.3) is 0 Å². The molecule has 0 fully saturated rings.